The normalized spacial score (nSPS) is 14.0. The molecule has 1 aromatic rings. The van der Waals surface area contributed by atoms with Crippen molar-refractivity contribution in [3.63, 3.8) is 0 Å². The Hall–Kier alpha value is -2.44. The second kappa shape index (κ2) is 5.75. The summed E-state index contributed by atoms with van der Waals surface area (Å²) in [5, 5.41) is 29.2. The van der Waals surface area contributed by atoms with Crippen LogP contribution in [0, 0.1) is 0 Å². The average Bonchev–Trinajstić information content (AvgIpc) is 2.34. The number of aromatic hydroxyl groups is 3. The Morgan fingerprint density at radius 2 is 1.59 bits per heavy atom. The van der Waals surface area contributed by atoms with Gasteiger partial charge in [0.15, 0.2) is 0 Å². The molecule has 0 spiro atoms. The molecule has 0 aliphatic heterocycles. The number of carbonyl (C=O) groups excluding carboxylic acids is 2. The fourth-order valence-corrected chi connectivity index (χ4v) is 1.94. The molecule has 7 heteroatoms. The number of amides is 1. The molecule has 0 bridgehead atoms. The molecular formula is C15H21NO6. The second-order valence-electron chi connectivity index (χ2n) is 6.16. The molecule has 0 fully saturated rings. The third-order valence-corrected chi connectivity index (χ3v) is 3.18. The maximum atomic E-state index is 12.2. The zero-order chi connectivity index (χ0) is 17.3. The summed E-state index contributed by atoms with van der Waals surface area (Å²) in [6, 6.07) is 1.94. The van der Waals surface area contributed by atoms with Crippen LogP contribution in [-0.4, -0.2) is 45.2 Å². The highest BCUT2D eigenvalue weighted by Gasteiger charge is 2.41. The van der Waals surface area contributed by atoms with E-state index in [-0.39, 0.29) is 11.3 Å². The summed E-state index contributed by atoms with van der Waals surface area (Å²) in [7, 11) is 1.31. The lowest BCUT2D eigenvalue weighted by atomic mass is 9.90. The van der Waals surface area contributed by atoms with Crippen LogP contribution in [0.2, 0.25) is 0 Å². The lowest BCUT2D eigenvalue weighted by molar-refractivity contribution is -0.117. The Kier molecular flexibility index (Phi) is 4.60. The van der Waals surface area contributed by atoms with E-state index in [9.17, 15) is 24.9 Å². The number of nitrogens with zero attached hydrogens (tertiary/aromatic N) is 1. The first-order chi connectivity index (χ1) is 9.92. The SMILES string of the molecule is CN(C(=O)OC(C)(C)C)C(C)(C=O)c1c(O)cc(O)cc1O. The Morgan fingerprint density at radius 1 is 1.14 bits per heavy atom. The molecule has 0 aliphatic carbocycles. The van der Waals surface area contributed by atoms with Crippen LogP contribution in [0.3, 0.4) is 0 Å². The Bertz CT molecular complexity index is 569. The van der Waals surface area contributed by atoms with Crippen LogP contribution in [0.4, 0.5) is 4.79 Å². The van der Waals surface area contributed by atoms with Crippen molar-refractivity contribution in [1.82, 2.24) is 4.90 Å². The number of aldehydes is 1. The number of ether oxygens (including phenoxy) is 1. The van der Waals surface area contributed by atoms with Gasteiger partial charge in [-0.3, -0.25) is 4.90 Å². The van der Waals surface area contributed by atoms with Crippen LogP contribution in [0.5, 0.6) is 17.2 Å². The highest BCUT2D eigenvalue weighted by Crippen LogP contribution is 2.41. The minimum absolute atomic E-state index is 0.200. The minimum atomic E-state index is -1.68. The summed E-state index contributed by atoms with van der Waals surface area (Å²) in [5.74, 6) is -1.39. The third-order valence-electron chi connectivity index (χ3n) is 3.18. The largest absolute Gasteiger partial charge is 0.508 e. The van der Waals surface area contributed by atoms with E-state index >= 15 is 0 Å². The van der Waals surface area contributed by atoms with Crippen LogP contribution in [-0.2, 0) is 15.1 Å². The zero-order valence-electron chi connectivity index (χ0n) is 13.2. The highest BCUT2D eigenvalue weighted by molar-refractivity contribution is 5.80. The number of phenols is 3. The molecule has 1 aromatic carbocycles. The van der Waals surface area contributed by atoms with Gasteiger partial charge in [0.2, 0.25) is 0 Å². The van der Waals surface area contributed by atoms with Crippen LogP contribution < -0.4 is 0 Å². The molecule has 0 aromatic heterocycles. The van der Waals surface area contributed by atoms with Crippen molar-refractivity contribution in [2.45, 2.75) is 38.8 Å². The van der Waals surface area contributed by atoms with Gasteiger partial charge in [-0.1, -0.05) is 0 Å². The summed E-state index contributed by atoms with van der Waals surface area (Å²) < 4.78 is 5.19. The fourth-order valence-electron chi connectivity index (χ4n) is 1.94. The number of phenolic OH excluding ortho intramolecular Hbond substituents is 3. The molecule has 0 saturated heterocycles. The van der Waals surface area contributed by atoms with Crippen LogP contribution >= 0.6 is 0 Å². The topological polar surface area (TPSA) is 107 Å². The van der Waals surface area contributed by atoms with Crippen molar-refractivity contribution in [3.8, 4) is 17.2 Å². The van der Waals surface area contributed by atoms with E-state index in [1.54, 1.807) is 20.8 Å². The lowest BCUT2D eigenvalue weighted by Gasteiger charge is -2.36. The van der Waals surface area contributed by atoms with Gasteiger partial charge >= 0.3 is 6.09 Å². The van der Waals surface area contributed by atoms with E-state index in [4.69, 9.17) is 4.74 Å². The quantitative estimate of drug-likeness (QED) is 0.738. The maximum absolute atomic E-state index is 12.2. The Morgan fingerprint density at radius 3 is 1.95 bits per heavy atom. The Balaban J connectivity index is 3.33. The standard InChI is InChI=1S/C15H21NO6/c1-14(2,3)22-13(21)16(5)15(4,8-17)12-10(19)6-9(18)7-11(12)20/h6-8,18-20H,1-5H3. The number of hydrogen-bond acceptors (Lipinski definition) is 6. The van der Waals surface area contributed by atoms with E-state index in [2.05, 4.69) is 0 Å². The van der Waals surface area contributed by atoms with Crippen molar-refractivity contribution >= 4 is 12.4 Å². The third kappa shape index (κ3) is 3.41. The first-order valence-electron chi connectivity index (χ1n) is 6.61. The molecule has 1 rings (SSSR count). The van der Waals surface area contributed by atoms with Crippen molar-refractivity contribution in [2.24, 2.45) is 0 Å². The number of benzene rings is 1. The molecule has 0 radical (unpaired) electrons. The minimum Gasteiger partial charge on any atom is -0.508 e. The summed E-state index contributed by atoms with van der Waals surface area (Å²) in [6.45, 7) is 6.36. The van der Waals surface area contributed by atoms with E-state index in [1.807, 2.05) is 0 Å². The summed E-state index contributed by atoms with van der Waals surface area (Å²) in [5.41, 5.74) is -2.65. The van der Waals surface area contributed by atoms with Gasteiger partial charge in [0.1, 0.15) is 34.7 Å². The molecule has 7 nitrogen and oxygen atoms in total. The Labute approximate surface area is 128 Å². The highest BCUT2D eigenvalue weighted by atomic mass is 16.6. The molecule has 1 amide bonds. The summed E-state index contributed by atoms with van der Waals surface area (Å²) in [6.07, 6.45) is -0.392. The zero-order valence-corrected chi connectivity index (χ0v) is 13.2. The van der Waals surface area contributed by atoms with Crippen molar-refractivity contribution in [1.29, 1.82) is 0 Å². The van der Waals surface area contributed by atoms with Gasteiger partial charge in [-0.15, -0.1) is 0 Å². The van der Waals surface area contributed by atoms with E-state index in [1.165, 1.54) is 14.0 Å². The summed E-state index contributed by atoms with van der Waals surface area (Å²) in [4.78, 5) is 24.7. The predicted octanol–water partition coefficient (Wildman–Crippen LogP) is 2.08. The lowest BCUT2D eigenvalue weighted by Crippen LogP contribution is -2.48. The smallest absolute Gasteiger partial charge is 0.411 e. The molecule has 3 N–H and O–H groups in total. The predicted molar refractivity (Wildman–Crippen MR) is 78.8 cm³/mol. The van der Waals surface area contributed by atoms with E-state index < -0.39 is 28.7 Å². The first-order valence-corrected chi connectivity index (χ1v) is 6.61. The van der Waals surface area contributed by atoms with Crippen molar-refractivity contribution in [3.05, 3.63) is 17.7 Å². The van der Waals surface area contributed by atoms with Crippen LogP contribution in [0.25, 0.3) is 0 Å². The molecule has 0 saturated carbocycles. The number of likely N-dealkylation sites (N-methyl/N-ethyl adjacent to an activating group) is 1. The van der Waals surface area contributed by atoms with E-state index in [0.717, 1.165) is 17.0 Å². The monoisotopic (exact) mass is 311 g/mol. The van der Waals surface area contributed by atoms with Gasteiger partial charge in [0.25, 0.3) is 0 Å². The number of carbonyl (C=O) groups is 2. The number of hydrogen-bond donors (Lipinski definition) is 3. The van der Waals surface area contributed by atoms with Gasteiger partial charge in [-0.2, -0.15) is 0 Å². The summed E-state index contributed by atoms with van der Waals surface area (Å²) >= 11 is 0. The fraction of sp³-hybridized carbons (Fsp3) is 0.467. The van der Waals surface area contributed by atoms with Crippen LogP contribution in [0.1, 0.15) is 33.3 Å². The maximum Gasteiger partial charge on any atom is 0.411 e. The molecule has 22 heavy (non-hydrogen) atoms. The molecule has 0 aliphatic rings. The first kappa shape index (κ1) is 17.6. The molecule has 1 atom stereocenters. The second-order valence-corrected chi connectivity index (χ2v) is 6.16. The average molecular weight is 311 g/mol. The van der Waals surface area contributed by atoms with Gasteiger partial charge in [-0.25, -0.2) is 4.79 Å². The van der Waals surface area contributed by atoms with Gasteiger partial charge in [0, 0.05) is 19.2 Å². The van der Waals surface area contributed by atoms with Gasteiger partial charge < -0.3 is 24.9 Å². The molecule has 1 unspecified atom stereocenters. The van der Waals surface area contributed by atoms with Crippen LogP contribution in [0.15, 0.2) is 12.1 Å². The van der Waals surface area contributed by atoms with Crippen molar-refractivity contribution < 1.29 is 29.6 Å². The van der Waals surface area contributed by atoms with E-state index in [0.29, 0.717) is 6.29 Å². The molecule has 122 valence electrons. The van der Waals surface area contributed by atoms with Gasteiger partial charge in [0.05, 0.1) is 5.56 Å². The van der Waals surface area contributed by atoms with Gasteiger partial charge in [-0.05, 0) is 27.7 Å². The molecule has 0 heterocycles. The van der Waals surface area contributed by atoms with Crippen molar-refractivity contribution in [2.75, 3.05) is 7.05 Å². The molecular weight excluding hydrogens is 290 g/mol. The number of rotatable bonds is 3.